The van der Waals surface area contributed by atoms with Gasteiger partial charge < -0.3 is 29.2 Å². The Morgan fingerprint density at radius 1 is 0.303 bits per heavy atom. The van der Waals surface area contributed by atoms with E-state index in [2.05, 4.69) is 135 Å². The summed E-state index contributed by atoms with van der Waals surface area (Å²) < 4.78 is 79.7. The van der Waals surface area contributed by atoms with Gasteiger partial charge in [0.15, 0.2) is 11.5 Å². The molecule has 9 heteroatoms. The zero-order valence-electron chi connectivity index (χ0n) is 48.8. The summed E-state index contributed by atoms with van der Waals surface area (Å²) in [5, 5.41) is 0. The van der Waals surface area contributed by atoms with Crippen molar-refractivity contribution >= 4 is 155 Å². The maximum Gasteiger partial charge on any atom is 0.252 e. The topological polar surface area (TPSA) is 25.4 Å². The van der Waals surface area contributed by atoms with E-state index < -0.39 is 6.71 Å². The lowest BCUT2D eigenvalue weighted by molar-refractivity contribution is 0.478. The van der Waals surface area contributed by atoms with Crippen LogP contribution in [0.3, 0.4) is 0 Å². The number of anilines is 15. The molecule has 76 heavy (non-hydrogen) atoms. The van der Waals surface area contributed by atoms with Crippen LogP contribution in [0.15, 0.2) is 236 Å². The Morgan fingerprint density at radius 2 is 0.671 bits per heavy atom. The maximum absolute atomic E-state index is 9.29. The SMILES string of the molecule is [2H]c1cc([2H])cc(N2c3ccccc3B3c4cc5c(cc4N(c4cc([2H])cc([2H])c4)c4cc(C)cc2c43)N(c2cc([2H])cc([2H])c2)c2cc3c4c6c2B5c2cccc5c2N6c2c(cccc2B4c2ccccc2N3c2cc([2H])cc([2H])c2)O5)c1. The molecule has 0 amide bonds. The zero-order valence-corrected chi connectivity index (χ0v) is 40.8. The standard InChI is InChI=1S/C67H42B3N5O/c1-41-36-56-62-57(37-41)73(44-24-10-4-11-25-44)54-39-55-51(38-50(54)69(62)47-29-15-17-33-53(47)71(56)42-20-6-2-7-21-42)70-49-31-19-35-61-66(49)75-65-48(30-18-34-60(65)76-61)68-46-28-14-16-32-52(46)72(43-22-8-3-9-23-43)58-40-59(64(70)67(75)63(58)68)74(55)45-26-12-5-13-27-45/h2-40H,1H3/i6D,7D,8D,9D,10D,11D,12D,13D. The first kappa shape index (κ1) is 34.0. The fraction of sp³-hybridized carbons (Fsp3) is 0.0149. The Morgan fingerprint density at radius 3 is 1.13 bits per heavy atom. The number of hydrogen-bond acceptors (Lipinski definition) is 6. The van der Waals surface area contributed by atoms with Gasteiger partial charge in [-0.1, -0.05) is 139 Å². The molecule has 11 aromatic rings. The molecule has 0 radical (unpaired) electrons. The van der Waals surface area contributed by atoms with Gasteiger partial charge in [-0.15, -0.1) is 0 Å². The smallest absolute Gasteiger partial charge is 0.252 e. The maximum atomic E-state index is 9.29. The molecule has 6 nitrogen and oxygen atoms in total. The van der Waals surface area contributed by atoms with Crippen LogP contribution < -0.4 is 78.4 Å². The van der Waals surface area contributed by atoms with Crippen molar-refractivity contribution in [3.05, 3.63) is 242 Å². The molecule has 0 aromatic heterocycles. The minimum absolute atomic E-state index is 0.185. The number of rotatable bonds is 4. The molecule has 7 aliphatic heterocycles. The van der Waals surface area contributed by atoms with E-state index in [1.54, 1.807) is 24.3 Å². The lowest BCUT2D eigenvalue weighted by Gasteiger charge is -2.52. The fourth-order valence-corrected chi connectivity index (χ4v) is 14.2. The molecule has 0 fully saturated rings. The number of fused-ring (bicyclic) bond motifs is 10. The first-order chi connectivity index (χ1) is 40.8. The van der Waals surface area contributed by atoms with E-state index in [4.69, 9.17) is 13.0 Å². The van der Waals surface area contributed by atoms with Gasteiger partial charge in [0.05, 0.1) is 22.3 Å². The van der Waals surface area contributed by atoms with E-state index >= 15 is 0 Å². The van der Waals surface area contributed by atoms with Crippen molar-refractivity contribution in [3.8, 4) is 11.5 Å². The van der Waals surface area contributed by atoms with Crippen molar-refractivity contribution in [2.75, 3.05) is 24.5 Å². The first-order valence-electron chi connectivity index (χ1n) is 29.8. The quantitative estimate of drug-likeness (QED) is 0.163. The van der Waals surface area contributed by atoms with Crippen LogP contribution in [-0.2, 0) is 0 Å². The Balaban J connectivity index is 0.999. The van der Waals surface area contributed by atoms with Crippen LogP contribution in [0.25, 0.3) is 0 Å². The van der Waals surface area contributed by atoms with Gasteiger partial charge in [0.2, 0.25) is 0 Å². The average Bonchev–Trinajstić information content (AvgIpc) is 0.781. The van der Waals surface area contributed by atoms with Gasteiger partial charge in [-0.3, -0.25) is 0 Å². The van der Waals surface area contributed by atoms with Gasteiger partial charge in [-0.2, -0.15) is 0 Å². The fourth-order valence-electron chi connectivity index (χ4n) is 14.2. The summed E-state index contributed by atoms with van der Waals surface area (Å²) in [5.41, 5.74) is 22.9. The highest BCUT2D eigenvalue weighted by Gasteiger charge is 2.55. The molecule has 0 aliphatic carbocycles. The van der Waals surface area contributed by atoms with Crippen molar-refractivity contribution in [2.24, 2.45) is 0 Å². The van der Waals surface area contributed by atoms with Crippen molar-refractivity contribution in [2.45, 2.75) is 6.92 Å². The van der Waals surface area contributed by atoms with E-state index in [1.165, 1.54) is 0 Å². The lowest BCUT2D eigenvalue weighted by Crippen LogP contribution is -2.69. The van der Waals surface area contributed by atoms with Gasteiger partial charge in [-0.25, -0.2) is 0 Å². The predicted octanol–water partition coefficient (Wildman–Crippen LogP) is 10.9. The highest BCUT2D eigenvalue weighted by atomic mass is 16.5. The Kier molecular flexibility index (Phi) is 6.62. The monoisotopic (exact) mass is 973 g/mol. The molecule has 0 saturated carbocycles. The van der Waals surface area contributed by atoms with E-state index in [0.717, 1.165) is 129 Å². The largest absolute Gasteiger partial charge is 0.453 e. The van der Waals surface area contributed by atoms with Crippen LogP contribution in [0.1, 0.15) is 16.5 Å². The van der Waals surface area contributed by atoms with E-state index in [1.807, 2.05) is 60.7 Å². The average molecular weight is 974 g/mol. The first-order valence-corrected chi connectivity index (χ1v) is 25.8. The summed E-state index contributed by atoms with van der Waals surface area (Å²) >= 11 is 0. The van der Waals surface area contributed by atoms with Gasteiger partial charge in [0.1, 0.15) is 0 Å². The Hall–Kier alpha value is -9.59. The van der Waals surface area contributed by atoms with Crippen molar-refractivity contribution < 1.29 is 15.7 Å². The third-order valence-corrected chi connectivity index (χ3v) is 16.8. The Labute approximate surface area is 453 Å². The second kappa shape index (κ2) is 14.8. The number of benzene rings is 11. The zero-order chi connectivity index (χ0) is 56.5. The number of ether oxygens (including phenoxy) is 1. The molecule has 0 saturated heterocycles. The molecule has 0 unspecified atom stereocenters. The second-order valence-electron chi connectivity index (χ2n) is 20.6. The molecule has 18 rings (SSSR count). The van der Waals surface area contributed by atoms with Gasteiger partial charge in [0, 0.05) is 73.9 Å². The molecule has 11 aromatic carbocycles. The minimum Gasteiger partial charge on any atom is -0.453 e. The van der Waals surface area contributed by atoms with Crippen molar-refractivity contribution in [1.29, 1.82) is 0 Å². The summed E-state index contributed by atoms with van der Waals surface area (Å²) in [7, 11) is 0. The highest BCUT2D eigenvalue weighted by molar-refractivity contribution is 7.06. The normalized spacial score (nSPS) is 16.0. The van der Waals surface area contributed by atoms with E-state index in [9.17, 15) is 2.74 Å². The van der Waals surface area contributed by atoms with Crippen LogP contribution in [0.4, 0.5) is 85.3 Å². The van der Waals surface area contributed by atoms with E-state index in [-0.39, 0.29) is 61.8 Å². The Bertz CT molecular complexity index is 4810. The number of nitrogens with zero attached hydrogens (tertiary/aromatic N) is 5. The summed E-state index contributed by atoms with van der Waals surface area (Å²) in [4.78, 5) is 11.3. The molecular formula is C67H42B3N5O. The third-order valence-electron chi connectivity index (χ3n) is 16.8. The van der Waals surface area contributed by atoms with Crippen LogP contribution in [0, 0.1) is 6.92 Å². The summed E-state index contributed by atoms with van der Waals surface area (Å²) in [6.45, 7) is 1.05. The summed E-state index contributed by atoms with van der Waals surface area (Å²) in [5.74, 6) is 1.48. The number of para-hydroxylation sites is 8. The van der Waals surface area contributed by atoms with Crippen molar-refractivity contribution in [1.82, 2.24) is 0 Å². The number of aryl methyl sites for hydroxylation is 1. The number of hydrogen-bond donors (Lipinski definition) is 0. The van der Waals surface area contributed by atoms with E-state index in [0.29, 0.717) is 22.7 Å². The third kappa shape index (κ3) is 5.14. The molecule has 7 aliphatic rings. The van der Waals surface area contributed by atoms with Crippen LogP contribution in [-0.4, -0.2) is 20.1 Å². The van der Waals surface area contributed by atoms with Crippen molar-refractivity contribution in [3.63, 3.8) is 0 Å². The molecule has 0 N–H and O–H groups in total. The van der Waals surface area contributed by atoms with Gasteiger partial charge >= 0.3 is 0 Å². The molecular weight excluding hydrogens is 923 g/mol. The molecule has 350 valence electrons. The van der Waals surface area contributed by atoms with Crippen LogP contribution in [0.2, 0.25) is 0 Å². The predicted molar refractivity (Wildman–Crippen MR) is 319 cm³/mol. The summed E-state index contributed by atoms with van der Waals surface area (Å²) in [6, 6.07) is 63.4. The van der Waals surface area contributed by atoms with Crippen LogP contribution >= 0.6 is 0 Å². The van der Waals surface area contributed by atoms with Gasteiger partial charge in [0.25, 0.3) is 20.1 Å². The van der Waals surface area contributed by atoms with Crippen LogP contribution in [0.5, 0.6) is 11.5 Å². The highest BCUT2D eigenvalue weighted by Crippen LogP contribution is 2.56. The van der Waals surface area contributed by atoms with Gasteiger partial charge in [-0.05, 0) is 159 Å². The minimum atomic E-state index is -0.412. The molecule has 0 spiro atoms. The molecule has 0 bridgehead atoms. The second-order valence-corrected chi connectivity index (χ2v) is 20.6. The summed E-state index contributed by atoms with van der Waals surface area (Å²) in [6.07, 6.45) is 0. The molecule has 7 heterocycles. The lowest BCUT2D eigenvalue weighted by atomic mass is 9.28. The molecule has 0 atom stereocenters.